The minimum atomic E-state index is 0.480. The number of hydrogen-bond donors (Lipinski definition) is 1. The molecule has 1 N–H and O–H groups in total. The molecule has 0 aliphatic rings. The van der Waals surface area contributed by atoms with Crippen LogP contribution in [-0.4, -0.2) is 13.2 Å². The van der Waals surface area contributed by atoms with E-state index in [4.69, 9.17) is 9.47 Å². The monoisotopic (exact) mass is 299 g/mol. The molecular formula is C19H25NO2. The number of rotatable bonds is 8. The number of ether oxygens (including phenoxy) is 2. The second kappa shape index (κ2) is 8.44. The van der Waals surface area contributed by atoms with Crippen molar-refractivity contribution in [2.75, 3.05) is 7.11 Å². The smallest absolute Gasteiger partial charge is 0.166 e. The van der Waals surface area contributed by atoms with Crippen LogP contribution in [0.25, 0.3) is 0 Å². The Morgan fingerprint density at radius 3 is 2.50 bits per heavy atom. The Labute approximate surface area is 133 Å². The second-order valence-electron chi connectivity index (χ2n) is 5.41. The van der Waals surface area contributed by atoms with Crippen molar-refractivity contribution in [3.05, 3.63) is 59.7 Å². The van der Waals surface area contributed by atoms with Gasteiger partial charge in [-0.3, -0.25) is 0 Å². The number of hydrogen-bond acceptors (Lipinski definition) is 3. The van der Waals surface area contributed by atoms with Gasteiger partial charge in [-0.05, 0) is 25.0 Å². The molecule has 0 aliphatic heterocycles. The van der Waals surface area contributed by atoms with Gasteiger partial charge in [0.1, 0.15) is 6.61 Å². The number of nitrogens with one attached hydrogen (secondary N) is 1. The van der Waals surface area contributed by atoms with Gasteiger partial charge < -0.3 is 14.8 Å². The zero-order valence-corrected chi connectivity index (χ0v) is 13.6. The molecule has 0 unspecified atom stereocenters. The summed E-state index contributed by atoms with van der Waals surface area (Å²) in [5.74, 6) is 1.60. The van der Waals surface area contributed by atoms with E-state index in [1.807, 2.05) is 30.3 Å². The van der Waals surface area contributed by atoms with Gasteiger partial charge in [0.2, 0.25) is 0 Å². The maximum absolute atomic E-state index is 6.05. The van der Waals surface area contributed by atoms with E-state index >= 15 is 0 Å². The number of benzene rings is 2. The van der Waals surface area contributed by atoms with Crippen molar-refractivity contribution in [2.45, 2.75) is 39.5 Å². The van der Waals surface area contributed by atoms with Crippen LogP contribution in [0.2, 0.25) is 0 Å². The Kier molecular flexibility index (Phi) is 6.28. The van der Waals surface area contributed by atoms with E-state index < -0.39 is 0 Å². The average molecular weight is 299 g/mol. The predicted octanol–water partition coefficient (Wildman–Crippen LogP) is 4.16. The normalized spacial score (nSPS) is 12.0. The summed E-state index contributed by atoms with van der Waals surface area (Å²) in [7, 11) is 1.68. The molecule has 0 spiro atoms. The SMILES string of the molecule is CC[C@@H](C)NCc1cccc(OC)c1OCc1ccccc1. The largest absolute Gasteiger partial charge is 0.493 e. The molecule has 0 saturated heterocycles. The van der Waals surface area contributed by atoms with Gasteiger partial charge in [0.25, 0.3) is 0 Å². The highest BCUT2D eigenvalue weighted by Crippen LogP contribution is 2.31. The van der Waals surface area contributed by atoms with Crippen LogP contribution >= 0.6 is 0 Å². The van der Waals surface area contributed by atoms with E-state index in [1.165, 1.54) is 0 Å². The van der Waals surface area contributed by atoms with Gasteiger partial charge in [-0.15, -0.1) is 0 Å². The van der Waals surface area contributed by atoms with E-state index in [1.54, 1.807) is 7.11 Å². The van der Waals surface area contributed by atoms with Gasteiger partial charge in [0, 0.05) is 18.2 Å². The molecule has 2 aromatic rings. The van der Waals surface area contributed by atoms with Gasteiger partial charge in [-0.1, -0.05) is 49.4 Å². The first-order valence-corrected chi connectivity index (χ1v) is 7.80. The Balaban J connectivity index is 2.12. The molecule has 3 heteroatoms. The van der Waals surface area contributed by atoms with E-state index in [0.717, 1.165) is 35.6 Å². The van der Waals surface area contributed by atoms with Crippen molar-refractivity contribution in [3.8, 4) is 11.5 Å². The van der Waals surface area contributed by atoms with Crippen molar-refractivity contribution in [2.24, 2.45) is 0 Å². The van der Waals surface area contributed by atoms with Gasteiger partial charge in [-0.25, -0.2) is 0 Å². The van der Waals surface area contributed by atoms with Crippen LogP contribution in [0.5, 0.6) is 11.5 Å². The summed E-state index contributed by atoms with van der Waals surface area (Å²) in [6.07, 6.45) is 1.10. The lowest BCUT2D eigenvalue weighted by molar-refractivity contribution is 0.280. The molecule has 0 heterocycles. The first-order chi connectivity index (χ1) is 10.7. The zero-order valence-electron chi connectivity index (χ0n) is 13.6. The lowest BCUT2D eigenvalue weighted by Gasteiger charge is -2.17. The highest BCUT2D eigenvalue weighted by molar-refractivity contribution is 5.46. The van der Waals surface area contributed by atoms with Crippen LogP contribution in [-0.2, 0) is 13.2 Å². The van der Waals surface area contributed by atoms with E-state index in [0.29, 0.717) is 12.6 Å². The summed E-state index contributed by atoms with van der Waals surface area (Å²) in [6, 6.07) is 16.7. The van der Waals surface area contributed by atoms with Crippen LogP contribution in [0.15, 0.2) is 48.5 Å². The summed E-state index contributed by atoms with van der Waals surface area (Å²) in [6.45, 7) is 5.68. The molecule has 0 amide bonds. The fourth-order valence-electron chi connectivity index (χ4n) is 2.18. The second-order valence-corrected chi connectivity index (χ2v) is 5.41. The van der Waals surface area contributed by atoms with Crippen LogP contribution < -0.4 is 14.8 Å². The quantitative estimate of drug-likeness (QED) is 0.794. The van der Waals surface area contributed by atoms with Crippen LogP contribution in [0.3, 0.4) is 0 Å². The third-order valence-corrected chi connectivity index (χ3v) is 3.76. The first kappa shape index (κ1) is 16.4. The lowest BCUT2D eigenvalue weighted by Crippen LogP contribution is -2.24. The Morgan fingerprint density at radius 2 is 1.82 bits per heavy atom. The van der Waals surface area contributed by atoms with Crippen molar-refractivity contribution in [1.82, 2.24) is 5.32 Å². The summed E-state index contributed by atoms with van der Waals surface area (Å²) in [5, 5.41) is 3.50. The third kappa shape index (κ3) is 4.50. The van der Waals surface area contributed by atoms with E-state index in [2.05, 4.69) is 37.4 Å². The van der Waals surface area contributed by atoms with Crippen molar-refractivity contribution in [3.63, 3.8) is 0 Å². The van der Waals surface area contributed by atoms with Gasteiger partial charge in [0.05, 0.1) is 7.11 Å². The highest BCUT2D eigenvalue weighted by Gasteiger charge is 2.11. The molecular weight excluding hydrogens is 274 g/mol. The minimum Gasteiger partial charge on any atom is -0.493 e. The molecule has 0 aromatic heterocycles. The minimum absolute atomic E-state index is 0.480. The van der Waals surface area contributed by atoms with Gasteiger partial charge in [0.15, 0.2) is 11.5 Å². The number of methoxy groups -OCH3 is 1. The standard InChI is InChI=1S/C19H25NO2/c1-4-15(2)20-13-17-11-8-12-18(21-3)19(17)22-14-16-9-6-5-7-10-16/h5-12,15,20H,4,13-14H2,1-3H3/t15-/m1/s1. The molecule has 0 aliphatic carbocycles. The van der Waals surface area contributed by atoms with Crippen molar-refractivity contribution < 1.29 is 9.47 Å². The van der Waals surface area contributed by atoms with Crippen molar-refractivity contribution >= 4 is 0 Å². The summed E-state index contributed by atoms with van der Waals surface area (Å²) >= 11 is 0. The molecule has 0 saturated carbocycles. The number of para-hydroxylation sites is 1. The van der Waals surface area contributed by atoms with E-state index in [9.17, 15) is 0 Å². The Bertz CT molecular complexity index is 569. The van der Waals surface area contributed by atoms with Gasteiger partial charge in [-0.2, -0.15) is 0 Å². The summed E-state index contributed by atoms with van der Waals surface area (Å²) < 4.78 is 11.5. The predicted molar refractivity (Wildman–Crippen MR) is 90.4 cm³/mol. The van der Waals surface area contributed by atoms with Crippen LogP contribution in [0.4, 0.5) is 0 Å². The maximum atomic E-state index is 6.05. The van der Waals surface area contributed by atoms with E-state index in [-0.39, 0.29) is 0 Å². The van der Waals surface area contributed by atoms with Crippen LogP contribution in [0.1, 0.15) is 31.4 Å². The molecule has 1 atom stereocenters. The fourth-order valence-corrected chi connectivity index (χ4v) is 2.18. The Hall–Kier alpha value is -2.00. The molecule has 3 nitrogen and oxygen atoms in total. The van der Waals surface area contributed by atoms with Crippen LogP contribution in [0, 0.1) is 0 Å². The highest BCUT2D eigenvalue weighted by atomic mass is 16.5. The average Bonchev–Trinajstić information content (AvgIpc) is 2.58. The molecule has 2 aromatic carbocycles. The third-order valence-electron chi connectivity index (χ3n) is 3.76. The fraction of sp³-hybridized carbons (Fsp3) is 0.368. The van der Waals surface area contributed by atoms with Crippen molar-refractivity contribution in [1.29, 1.82) is 0 Å². The lowest BCUT2D eigenvalue weighted by atomic mass is 10.1. The molecule has 118 valence electrons. The maximum Gasteiger partial charge on any atom is 0.166 e. The molecule has 0 bridgehead atoms. The topological polar surface area (TPSA) is 30.5 Å². The molecule has 0 fully saturated rings. The van der Waals surface area contributed by atoms with Gasteiger partial charge >= 0.3 is 0 Å². The molecule has 2 rings (SSSR count). The summed E-state index contributed by atoms with van der Waals surface area (Å²) in [4.78, 5) is 0. The molecule has 22 heavy (non-hydrogen) atoms. The zero-order chi connectivity index (χ0) is 15.8. The summed E-state index contributed by atoms with van der Waals surface area (Å²) in [5.41, 5.74) is 2.27. The first-order valence-electron chi connectivity index (χ1n) is 7.80. The Morgan fingerprint density at radius 1 is 1.05 bits per heavy atom. The molecule has 0 radical (unpaired) electrons.